The van der Waals surface area contributed by atoms with Crippen LogP contribution in [0.15, 0.2) is 24.8 Å². The Morgan fingerprint density at radius 2 is 1.82 bits per heavy atom. The highest BCUT2D eigenvalue weighted by atomic mass is 16.4. The average molecular weight is 238 g/mol. The maximum atomic E-state index is 10.2. The van der Waals surface area contributed by atoms with Crippen molar-refractivity contribution < 1.29 is 15.0 Å². The topological polar surface area (TPSA) is 93.2 Å². The molecule has 7 heteroatoms. The number of carbonyl (C=O) groups is 1. The van der Waals surface area contributed by atoms with Gasteiger partial charge in [0.1, 0.15) is 0 Å². The maximum Gasteiger partial charge on any atom is 0.338 e. The van der Waals surface area contributed by atoms with Gasteiger partial charge >= 0.3 is 5.97 Å². The molecule has 0 aliphatic rings. The number of aliphatic hydroxyl groups is 1. The first-order valence-electron chi connectivity index (χ1n) is 4.83. The molecule has 2 aromatic heterocycles. The van der Waals surface area contributed by atoms with E-state index < -0.39 is 5.97 Å². The quantitative estimate of drug-likeness (QED) is 0.770. The number of rotatable bonds is 2. The second-order valence-corrected chi connectivity index (χ2v) is 3.39. The van der Waals surface area contributed by atoms with Crippen molar-refractivity contribution in [1.82, 2.24) is 19.6 Å². The normalized spacial score (nSPS) is 9.59. The van der Waals surface area contributed by atoms with Crippen LogP contribution in [-0.4, -0.2) is 35.7 Å². The van der Waals surface area contributed by atoms with Gasteiger partial charge in [0.05, 0.1) is 24.6 Å². The van der Waals surface area contributed by atoms with E-state index in [1.54, 1.807) is 24.1 Å². The Hall–Kier alpha value is -2.15. The smallest absolute Gasteiger partial charge is 0.338 e. The zero-order valence-corrected chi connectivity index (χ0v) is 9.61. The third kappa shape index (κ3) is 4.07. The zero-order valence-electron chi connectivity index (χ0n) is 9.61. The summed E-state index contributed by atoms with van der Waals surface area (Å²) in [5, 5.41) is 24.4. The van der Waals surface area contributed by atoms with Crippen LogP contribution in [-0.2, 0) is 20.7 Å². The molecule has 0 aliphatic heterocycles. The monoisotopic (exact) mass is 238 g/mol. The maximum absolute atomic E-state index is 10.2. The van der Waals surface area contributed by atoms with Crippen molar-refractivity contribution in [3.8, 4) is 0 Å². The first kappa shape index (κ1) is 12.9. The Morgan fingerprint density at radius 3 is 2.06 bits per heavy atom. The van der Waals surface area contributed by atoms with E-state index in [0.717, 1.165) is 5.56 Å². The fourth-order valence-corrected chi connectivity index (χ4v) is 1.09. The van der Waals surface area contributed by atoms with Crippen LogP contribution in [0.5, 0.6) is 0 Å². The summed E-state index contributed by atoms with van der Waals surface area (Å²) in [7, 11) is 3.49. The lowest BCUT2D eigenvalue weighted by molar-refractivity contribution is 0.0697. The predicted octanol–water partition coefficient (Wildman–Crippen LogP) is 0.0307. The molecule has 0 saturated heterocycles. The minimum atomic E-state index is -0.942. The first-order chi connectivity index (χ1) is 8.02. The van der Waals surface area contributed by atoms with Crippen molar-refractivity contribution in [2.75, 3.05) is 0 Å². The molecule has 2 aromatic rings. The standard InChI is InChI=1S/C5H6N2O2.C5H8N2O/c1-7-3-4(2-6-7)5(8)9;1-7-3-5(4-8)2-6-7/h2-3H,1H3,(H,8,9);2-3,8H,4H2,1H3. The molecule has 0 aliphatic carbocycles. The third-order valence-electron chi connectivity index (χ3n) is 1.89. The third-order valence-corrected chi connectivity index (χ3v) is 1.89. The lowest BCUT2D eigenvalue weighted by atomic mass is 10.4. The highest BCUT2D eigenvalue weighted by molar-refractivity contribution is 5.86. The Bertz CT molecular complexity index is 489. The fraction of sp³-hybridized carbons (Fsp3) is 0.300. The van der Waals surface area contributed by atoms with Crippen molar-refractivity contribution in [2.24, 2.45) is 14.1 Å². The zero-order chi connectivity index (χ0) is 12.8. The minimum absolute atomic E-state index is 0.0772. The van der Waals surface area contributed by atoms with Gasteiger partial charge in [-0.25, -0.2) is 4.79 Å². The van der Waals surface area contributed by atoms with Gasteiger partial charge in [-0.1, -0.05) is 0 Å². The lowest BCUT2D eigenvalue weighted by Gasteiger charge is -1.81. The van der Waals surface area contributed by atoms with Crippen molar-refractivity contribution in [2.45, 2.75) is 6.61 Å². The summed E-state index contributed by atoms with van der Waals surface area (Å²) in [6.45, 7) is 0.0772. The van der Waals surface area contributed by atoms with Gasteiger partial charge in [-0.05, 0) is 0 Å². The van der Waals surface area contributed by atoms with Gasteiger partial charge in [-0.15, -0.1) is 0 Å². The fourth-order valence-electron chi connectivity index (χ4n) is 1.09. The van der Waals surface area contributed by atoms with E-state index in [4.69, 9.17) is 10.2 Å². The van der Waals surface area contributed by atoms with Crippen LogP contribution in [0.25, 0.3) is 0 Å². The molecule has 0 aromatic carbocycles. The second kappa shape index (κ2) is 5.80. The summed E-state index contributed by atoms with van der Waals surface area (Å²) >= 11 is 0. The molecule has 0 amide bonds. The summed E-state index contributed by atoms with van der Waals surface area (Å²) in [6.07, 6.45) is 6.17. The van der Waals surface area contributed by atoms with Gasteiger partial charge < -0.3 is 10.2 Å². The summed E-state index contributed by atoms with van der Waals surface area (Å²) in [5.41, 5.74) is 1.07. The van der Waals surface area contributed by atoms with Gasteiger partial charge in [0.15, 0.2) is 0 Å². The van der Waals surface area contributed by atoms with E-state index >= 15 is 0 Å². The number of carboxylic acid groups (broad SMARTS) is 1. The number of aromatic nitrogens is 4. The first-order valence-corrected chi connectivity index (χ1v) is 4.83. The van der Waals surface area contributed by atoms with E-state index in [2.05, 4.69) is 10.2 Å². The number of carboxylic acids is 1. The Morgan fingerprint density at radius 1 is 1.24 bits per heavy atom. The molecule has 0 atom stereocenters. The van der Waals surface area contributed by atoms with E-state index in [1.165, 1.54) is 17.1 Å². The summed E-state index contributed by atoms with van der Waals surface area (Å²) < 4.78 is 3.11. The van der Waals surface area contributed by atoms with E-state index in [0.29, 0.717) is 0 Å². The number of nitrogens with zero attached hydrogens (tertiary/aromatic N) is 4. The molecule has 2 N–H and O–H groups in total. The molecule has 0 fully saturated rings. The minimum Gasteiger partial charge on any atom is -0.478 e. The molecule has 7 nitrogen and oxygen atoms in total. The van der Waals surface area contributed by atoms with E-state index in [-0.39, 0.29) is 12.2 Å². The van der Waals surface area contributed by atoms with Crippen LogP contribution in [0, 0.1) is 0 Å². The van der Waals surface area contributed by atoms with Gasteiger partial charge in [0, 0.05) is 32.1 Å². The van der Waals surface area contributed by atoms with Crippen LogP contribution in [0.3, 0.4) is 0 Å². The van der Waals surface area contributed by atoms with E-state index in [1.807, 2.05) is 7.05 Å². The number of aromatic carboxylic acids is 1. The van der Waals surface area contributed by atoms with Gasteiger partial charge in [0.2, 0.25) is 0 Å². The van der Waals surface area contributed by atoms with Crippen LogP contribution < -0.4 is 0 Å². The van der Waals surface area contributed by atoms with Crippen molar-refractivity contribution >= 4 is 5.97 Å². The van der Waals surface area contributed by atoms with Gasteiger partial charge in [-0.2, -0.15) is 10.2 Å². The predicted molar refractivity (Wildman–Crippen MR) is 59.3 cm³/mol. The van der Waals surface area contributed by atoms with Crippen LogP contribution in [0.1, 0.15) is 15.9 Å². The molecule has 0 saturated carbocycles. The van der Waals surface area contributed by atoms with Crippen LogP contribution in [0.4, 0.5) is 0 Å². The van der Waals surface area contributed by atoms with Crippen molar-refractivity contribution in [3.05, 3.63) is 35.9 Å². The Labute approximate surface area is 97.9 Å². The van der Waals surface area contributed by atoms with Crippen LogP contribution >= 0.6 is 0 Å². The van der Waals surface area contributed by atoms with Crippen LogP contribution in [0.2, 0.25) is 0 Å². The Kier molecular flexibility index (Phi) is 4.41. The SMILES string of the molecule is Cn1cc(C(=O)O)cn1.Cn1cc(CO)cn1. The highest BCUT2D eigenvalue weighted by Crippen LogP contribution is 1.93. The largest absolute Gasteiger partial charge is 0.478 e. The Balaban J connectivity index is 0.000000171. The number of hydrogen-bond acceptors (Lipinski definition) is 4. The van der Waals surface area contributed by atoms with Crippen molar-refractivity contribution in [1.29, 1.82) is 0 Å². The molecular formula is C10H14N4O3. The molecule has 17 heavy (non-hydrogen) atoms. The number of aryl methyl sites for hydroxylation is 2. The molecule has 0 unspecified atom stereocenters. The number of aliphatic hydroxyl groups excluding tert-OH is 1. The molecule has 2 heterocycles. The van der Waals surface area contributed by atoms with Crippen molar-refractivity contribution in [3.63, 3.8) is 0 Å². The molecule has 0 radical (unpaired) electrons. The summed E-state index contributed by atoms with van der Waals surface area (Å²) in [6, 6.07) is 0. The van der Waals surface area contributed by atoms with Gasteiger partial charge in [-0.3, -0.25) is 9.36 Å². The summed E-state index contributed by atoms with van der Waals surface area (Å²) in [5.74, 6) is -0.942. The lowest BCUT2D eigenvalue weighted by Crippen LogP contribution is -1.92. The number of hydrogen-bond donors (Lipinski definition) is 2. The molecule has 0 spiro atoms. The highest BCUT2D eigenvalue weighted by Gasteiger charge is 2.02. The second-order valence-electron chi connectivity index (χ2n) is 3.39. The summed E-state index contributed by atoms with van der Waals surface area (Å²) in [4.78, 5) is 10.2. The molecular weight excluding hydrogens is 224 g/mol. The molecule has 92 valence electrons. The molecule has 0 bridgehead atoms. The van der Waals surface area contributed by atoms with Gasteiger partial charge in [0.25, 0.3) is 0 Å². The molecule has 2 rings (SSSR count). The van der Waals surface area contributed by atoms with E-state index in [9.17, 15) is 4.79 Å². The average Bonchev–Trinajstić information content (AvgIpc) is 2.88.